The lowest BCUT2D eigenvalue weighted by Crippen LogP contribution is -2.18. The van der Waals surface area contributed by atoms with Gasteiger partial charge in [0, 0.05) is 32.7 Å². The Hall–Kier alpha value is -3.20. The number of amides is 1. The minimum atomic E-state index is -0.298. The molecule has 9 heteroatoms. The van der Waals surface area contributed by atoms with Gasteiger partial charge in [0.15, 0.2) is 5.69 Å². The van der Waals surface area contributed by atoms with E-state index in [1.807, 2.05) is 19.2 Å². The summed E-state index contributed by atoms with van der Waals surface area (Å²) in [6.07, 6.45) is 3.53. The zero-order valence-electron chi connectivity index (χ0n) is 16.7. The zero-order chi connectivity index (χ0) is 20.4. The van der Waals surface area contributed by atoms with Gasteiger partial charge in [0.1, 0.15) is 17.3 Å². The van der Waals surface area contributed by atoms with Gasteiger partial charge in [-0.15, -0.1) is 5.10 Å². The number of carbonyl (C=O) groups is 1. The van der Waals surface area contributed by atoms with Crippen molar-refractivity contribution in [1.82, 2.24) is 25.3 Å². The molecule has 2 N–H and O–H groups in total. The predicted octanol–water partition coefficient (Wildman–Crippen LogP) is 2.12. The maximum absolute atomic E-state index is 11.8. The van der Waals surface area contributed by atoms with Crippen LogP contribution in [0.2, 0.25) is 0 Å². The summed E-state index contributed by atoms with van der Waals surface area (Å²) in [5, 5.41) is 14.8. The quantitative estimate of drug-likeness (QED) is 0.681. The van der Waals surface area contributed by atoms with Crippen molar-refractivity contribution in [2.45, 2.75) is 18.8 Å². The molecule has 0 spiro atoms. The molecule has 0 saturated carbocycles. The first-order valence-electron chi connectivity index (χ1n) is 9.57. The van der Waals surface area contributed by atoms with Gasteiger partial charge in [0.2, 0.25) is 0 Å². The fourth-order valence-electron chi connectivity index (χ4n) is 3.70. The molecule has 1 amide bonds. The summed E-state index contributed by atoms with van der Waals surface area (Å²) in [5.74, 6) is 1.55. The van der Waals surface area contributed by atoms with Crippen molar-refractivity contribution in [3.8, 4) is 11.4 Å². The highest BCUT2D eigenvalue weighted by atomic mass is 16.5. The number of rotatable bonds is 5. The molecule has 3 heterocycles. The van der Waals surface area contributed by atoms with Crippen molar-refractivity contribution in [3.05, 3.63) is 35.7 Å². The molecule has 0 bridgehead atoms. The molecule has 3 aromatic rings. The number of pyridine rings is 1. The van der Waals surface area contributed by atoms with Gasteiger partial charge < -0.3 is 20.1 Å². The van der Waals surface area contributed by atoms with Crippen LogP contribution in [0.25, 0.3) is 16.6 Å². The standard InChI is InChI=1S/C20H24N6O3/c1-21-19-9-13(12-4-6-29-7-5-12)14-8-18(28-3)17(10-15(14)23-19)26-11-16(24-25-26)20(27)22-2/h8-12H,4-7H2,1-3H3,(H,21,23)(H,22,27). The molecule has 0 aliphatic carbocycles. The van der Waals surface area contributed by atoms with E-state index >= 15 is 0 Å². The summed E-state index contributed by atoms with van der Waals surface area (Å²) in [6.45, 7) is 1.53. The van der Waals surface area contributed by atoms with E-state index in [2.05, 4.69) is 27.0 Å². The highest BCUT2D eigenvalue weighted by molar-refractivity contribution is 5.92. The molecular formula is C20H24N6O3. The minimum Gasteiger partial charge on any atom is -0.494 e. The number of nitrogens with one attached hydrogen (secondary N) is 2. The minimum absolute atomic E-state index is 0.231. The Labute approximate surface area is 168 Å². The normalized spacial score (nSPS) is 14.7. The number of carbonyl (C=O) groups excluding carboxylic acids is 1. The van der Waals surface area contributed by atoms with Crippen molar-refractivity contribution in [2.75, 3.05) is 39.7 Å². The number of benzene rings is 1. The van der Waals surface area contributed by atoms with Crippen LogP contribution in [0.15, 0.2) is 24.4 Å². The molecule has 0 atom stereocenters. The van der Waals surface area contributed by atoms with Crippen LogP contribution < -0.4 is 15.4 Å². The van der Waals surface area contributed by atoms with Gasteiger partial charge in [0.05, 0.1) is 18.8 Å². The molecular weight excluding hydrogens is 372 g/mol. The van der Waals surface area contributed by atoms with Gasteiger partial charge >= 0.3 is 0 Å². The number of nitrogens with zero attached hydrogens (tertiary/aromatic N) is 4. The second-order valence-electron chi connectivity index (χ2n) is 6.90. The predicted molar refractivity (Wildman–Crippen MR) is 109 cm³/mol. The highest BCUT2D eigenvalue weighted by Crippen LogP contribution is 2.37. The van der Waals surface area contributed by atoms with Crippen LogP contribution in [0, 0.1) is 0 Å². The lowest BCUT2D eigenvalue weighted by molar-refractivity contribution is 0.0856. The van der Waals surface area contributed by atoms with Crippen molar-refractivity contribution in [3.63, 3.8) is 0 Å². The number of ether oxygens (including phenoxy) is 2. The molecule has 9 nitrogen and oxygen atoms in total. The molecule has 0 radical (unpaired) electrons. The first-order valence-corrected chi connectivity index (χ1v) is 9.57. The molecule has 1 aliphatic heterocycles. The number of methoxy groups -OCH3 is 1. The van der Waals surface area contributed by atoms with E-state index in [1.165, 1.54) is 10.2 Å². The Morgan fingerprint density at radius 2 is 2.03 bits per heavy atom. The second kappa shape index (κ2) is 8.04. The molecule has 1 fully saturated rings. The van der Waals surface area contributed by atoms with Crippen molar-refractivity contribution in [2.24, 2.45) is 0 Å². The van der Waals surface area contributed by atoms with Crippen molar-refractivity contribution < 1.29 is 14.3 Å². The summed E-state index contributed by atoms with van der Waals surface area (Å²) in [4.78, 5) is 16.6. The maximum Gasteiger partial charge on any atom is 0.273 e. The molecule has 2 aromatic heterocycles. The topological polar surface area (TPSA) is 103 Å². The van der Waals surface area contributed by atoms with Gasteiger partial charge in [-0.3, -0.25) is 4.79 Å². The van der Waals surface area contributed by atoms with E-state index in [1.54, 1.807) is 20.4 Å². The van der Waals surface area contributed by atoms with Crippen LogP contribution in [0.3, 0.4) is 0 Å². The Balaban J connectivity index is 1.86. The highest BCUT2D eigenvalue weighted by Gasteiger charge is 2.22. The fraction of sp³-hybridized carbons (Fsp3) is 0.400. The number of fused-ring (bicyclic) bond motifs is 1. The SMILES string of the molecule is CNC(=O)c1cn(-c2cc3nc(NC)cc(C4CCOCC4)c3cc2OC)nn1. The Morgan fingerprint density at radius 3 is 2.72 bits per heavy atom. The average Bonchev–Trinajstić information content (AvgIpc) is 3.27. The van der Waals surface area contributed by atoms with E-state index in [0.29, 0.717) is 17.4 Å². The summed E-state index contributed by atoms with van der Waals surface area (Å²) in [6, 6.07) is 6.01. The third-order valence-electron chi connectivity index (χ3n) is 5.26. The summed E-state index contributed by atoms with van der Waals surface area (Å²) in [7, 11) is 5.03. The van der Waals surface area contributed by atoms with Gasteiger partial charge in [-0.25, -0.2) is 9.67 Å². The Kier molecular flexibility index (Phi) is 5.30. The summed E-state index contributed by atoms with van der Waals surface area (Å²) >= 11 is 0. The van der Waals surface area contributed by atoms with Crippen LogP contribution in [-0.2, 0) is 4.74 Å². The first kappa shape index (κ1) is 19.1. The molecule has 1 aromatic carbocycles. The smallest absolute Gasteiger partial charge is 0.273 e. The molecule has 1 saturated heterocycles. The van der Waals surface area contributed by atoms with Crippen LogP contribution in [-0.4, -0.2) is 60.3 Å². The summed E-state index contributed by atoms with van der Waals surface area (Å²) in [5.41, 5.74) is 2.96. The van der Waals surface area contributed by atoms with E-state index in [0.717, 1.165) is 42.8 Å². The van der Waals surface area contributed by atoms with E-state index in [9.17, 15) is 4.79 Å². The Morgan fingerprint density at radius 1 is 1.24 bits per heavy atom. The van der Waals surface area contributed by atoms with E-state index in [-0.39, 0.29) is 11.6 Å². The van der Waals surface area contributed by atoms with E-state index < -0.39 is 0 Å². The molecule has 4 rings (SSSR count). The van der Waals surface area contributed by atoms with Gasteiger partial charge in [-0.1, -0.05) is 5.21 Å². The second-order valence-corrected chi connectivity index (χ2v) is 6.90. The van der Waals surface area contributed by atoms with Gasteiger partial charge in [0.25, 0.3) is 5.91 Å². The molecule has 152 valence electrons. The largest absolute Gasteiger partial charge is 0.494 e. The maximum atomic E-state index is 11.8. The fourth-order valence-corrected chi connectivity index (χ4v) is 3.70. The average molecular weight is 396 g/mol. The molecule has 0 unspecified atom stereocenters. The lowest BCUT2D eigenvalue weighted by Gasteiger charge is -2.24. The monoisotopic (exact) mass is 396 g/mol. The van der Waals surface area contributed by atoms with Crippen molar-refractivity contribution in [1.29, 1.82) is 0 Å². The third kappa shape index (κ3) is 3.61. The zero-order valence-corrected chi connectivity index (χ0v) is 16.7. The number of anilines is 1. The van der Waals surface area contributed by atoms with Crippen molar-refractivity contribution >= 4 is 22.6 Å². The molecule has 1 aliphatic rings. The van der Waals surface area contributed by atoms with Crippen LogP contribution in [0.4, 0.5) is 5.82 Å². The van der Waals surface area contributed by atoms with Gasteiger partial charge in [-0.2, -0.15) is 0 Å². The molecule has 29 heavy (non-hydrogen) atoms. The van der Waals surface area contributed by atoms with Gasteiger partial charge in [-0.05, 0) is 42.5 Å². The number of hydrogen-bond donors (Lipinski definition) is 2. The van der Waals surface area contributed by atoms with Crippen LogP contribution in [0.1, 0.15) is 34.8 Å². The van der Waals surface area contributed by atoms with Crippen LogP contribution in [0.5, 0.6) is 5.75 Å². The first-order chi connectivity index (χ1) is 14.1. The lowest BCUT2D eigenvalue weighted by atomic mass is 9.89. The third-order valence-corrected chi connectivity index (χ3v) is 5.26. The Bertz CT molecular complexity index is 1040. The number of aromatic nitrogens is 4. The van der Waals surface area contributed by atoms with E-state index in [4.69, 9.17) is 14.5 Å². The summed E-state index contributed by atoms with van der Waals surface area (Å²) < 4.78 is 12.7. The number of hydrogen-bond acceptors (Lipinski definition) is 7. The van der Waals surface area contributed by atoms with Crippen LogP contribution >= 0.6 is 0 Å².